The van der Waals surface area contributed by atoms with Crippen LogP contribution in [0, 0.1) is 11.6 Å². The highest BCUT2D eigenvalue weighted by Gasteiger charge is 2.17. The average Bonchev–Trinajstić information content (AvgIpc) is 2.07. The lowest BCUT2D eigenvalue weighted by Gasteiger charge is -2.04. The highest BCUT2D eigenvalue weighted by molar-refractivity contribution is 9.10. The maximum atomic E-state index is 13.0. The summed E-state index contributed by atoms with van der Waals surface area (Å²) < 4.78 is 26.1. The number of anilines is 1. The summed E-state index contributed by atoms with van der Waals surface area (Å²) in [5.74, 6) is -2.94. The second-order valence-electron chi connectivity index (χ2n) is 2.50. The molecule has 0 aliphatic rings. The van der Waals surface area contributed by atoms with Gasteiger partial charge in [0.05, 0.1) is 11.3 Å². The molecule has 0 aliphatic heterocycles. The molecule has 0 radical (unpaired) electrons. The van der Waals surface area contributed by atoms with E-state index in [1.165, 1.54) is 0 Å². The smallest absolute Gasteiger partial charge is 0.183 e. The van der Waals surface area contributed by atoms with Gasteiger partial charge in [-0.25, -0.2) is 8.78 Å². The summed E-state index contributed by atoms with van der Waals surface area (Å²) in [4.78, 5) is 10.8. The summed E-state index contributed by atoms with van der Waals surface area (Å²) in [6, 6.07) is 1.16. The Morgan fingerprint density at radius 2 is 2.00 bits per heavy atom. The molecule has 0 aliphatic carbocycles. The van der Waals surface area contributed by atoms with Crippen LogP contribution in [0.1, 0.15) is 17.3 Å². The van der Waals surface area contributed by atoms with E-state index in [1.54, 1.807) is 0 Å². The van der Waals surface area contributed by atoms with Crippen molar-refractivity contribution in [1.82, 2.24) is 0 Å². The standard InChI is InChI=1S/C8H6BrF2NO/c1-3(13)4-2-5(9)8(12)7(11)6(4)10/h2H,12H2,1H3. The molecule has 0 atom stereocenters. The van der Waals surface area contributed by atoms with Crippen LogP contribution in [0.25, 0.3) is 0 Å². The van der Waals surface area contributed by atoms with E-state index in [0.29, 0.717) is 0 Å². The minimum atomic E-state index is -1.20. The van der Waals surface area contributed by atoms with E-state index < -0.39 is 17.4 Å². The second-order valence-corrected chi connectivity index (χ2v) is 3.36. The summed E-state index contributed by atoms with van der Waals surface area (Å²) in [7, 11) is 0. The van der Waals surface area contributed by atoms with Crippen LogP contribution in [0.15, 0.2) is 10.5 Å². The third kappa shape index (κ3) is 1.70. The van der Waals surface area contributed by atoms with E-state index in [2.05, 4.69) is 15.9 Å². The highest BCUT2D eigenvalue weighted by Crippen LogP contribution is 2.27. The molecule has 0 aromatic heterocycles. The van der Waals surface area contributed by atoms with E-state index in [4.69, 9.17) is 5.73 Å². The molecule has 0 saturated carbocycles. The molecule has 2 N–H and O–H groups in total. The zero-order chi connectivity index (χ0) is 10.2. The van der Waals surface area contributed by atoms with Crippen molar-refractivity contribution in [3.05, 3.63) is 27.7 Å². The number of nitrogens with two attached hydrogens (primary N) is 1. The first-order chi connectivity index (χ1) is 5.95. The van der Waals surface area contributed by atoms with Crippen molar-refractivity contribution < 1.29 is 13.6 Å². The van der Waals surface area contributed by atoms with Gasteiger partial charge in [-0.05, 0) is 28.9 Å². The minimum Gasteiger partial charge on any atom is -0.395 e. The molecule has 70 valence electrons. The normalized spacial score (nSPS) is 10.2. The molecule has 0 saturated heterocycles. The Hall–Kier alpha value is -0.970. The van der Waals surface area contributed by atoms with Gasteiger partial charge in [0.1, 0.15) is 0 Å². The molecule has 1 aromatic carbocycles. The predicted molar refractivity (Wildman–Crippen MR) is 48.5 cm³/mol. The summed E-state index contributed by atoms with van der Waals surface area (Å²) in [6.45, 7) is 1.15. The van der Waals surface area contributed by atoms with Crippen molar-refractivity contribution in [1.29, 1.82) is 0 Å². The van der Waals surface area contributed by atoms with Crippen LogP contribution in [-0.2, 0) is 0 Å². The van der Waals surface area contributed by atoms with E-state index in [9.17, 15) is 13.6 Å². The van der Waals surface area contributed by atoms with Crippen molar-refractivity contribution in [2.75, 3.05) is 5.73 Å². The maximum absolute atomic E-state index is 13.0. The molecule has 5 heteroatoms. The molecule has 1 rings (SSSR count). The Morgan fingerprint density at radius 1 is 1.46 bits per heavy atom. The largest absolute Gasteiger partial charge is 0.395 e. The molecule has 0 heterocycles. The maximum Gasteiger partial charge on any atom is 0.183 e. The Kier molecular flexibility index (Phi) is 2.66. The van der Waals surface area contributed by atoms with E-state index in [1.807, 2.05) is 0 Å². The summed E-state index contributed by atoms with van der Waals surface area (Å²) in [6.07, 6.45) is 0. The van der Waals surface area contributed by atoms with E-state index in [-0.39, 0.29) is 15.7 Å². The lowest BCUT2D eigenvalue weighted by molar-refractivity contribution is 0.101. The van der Waals surface area contributed by atoms with Gasteiger partial charge in [-0.3, -0.25) is 4.79 Å². The first kappa shape index (κ1) is 10.1. The molecule has 0 amide bonds. The van der Waals surface area contributed by atoms with Crippen molar-refractivity contribution in [2.24, 2.45) is 0 Å². The number of carbonyl (C=O) groups is 1. The number of hydrogen-bond acceptors (Lipinski definition) is 2. The number of halogens is 3. The van der Waals surface area contributed by atoms with Crippen LogP contribution in [0.2, 0.25) is 0 Å². The fraction of sp³-hybridized carbons (Fsp3) is 0.125. The van der Waals surface area contributed by atoms with E-state index >= 15 is 0 Å². The summed E-state index contributed by atoms with van der Waals surface area (Å²) in [5.41, 5.74) is 4.54. The van der Waals surface area contributed by atoms with Gasteiger partial charge in [0.25, 0.3) is 0 Å². The van der Waals surface area contributed by atoms with E-state index in [0.717, 1.165) is 13.0 Å². The van der Waals surface area contributed by atoms with Gasteiger partial charge in [0.15, 0.2) is 17.4 Å². The van der Waals surface area contributed by atoms with Crippen molar-refractivity contribution in [3.63, 3.8) is 0 Å². The predicted octanol–water partition coefficient (Wildman–Crippen LogP) is 2.51. The van der Waals surface area contributed by atoms with Crippen LogP contribution in [0.4, 0.5) is 14.5 Å². The van der Waals surface area contributed by atoms with Crippen LogP contribution in [-0.4, -0.2) is 5.78 Å². The first-order valence-electron chi connectivity index (χ1n) is 3.39. The Morgan fingerprint density at radius 3 is 2.46 bits per heavy atom. The third-order valence-electron chi connectivity index (χ3n) is 1.57. The quantitative estimate of drug-likeness (QED) is 0.472. The Bertz CT molecular complexity index is 379. The first-order valence-corrected chi connectivity index (χ1v) is 4.18. The summed E-state index contributed by atoms with van der Waals surface area (Å²) >= 11 is 2.92. The van der Waals surface area contributed by atoms with Gasteiger partial charge in [-0.15, -0.1) is 0 Å². The fourth-order valence-electron chi connectivity index (χ4n) is 0.865. The third-order valence-corrected chi connectivity index (χ3v) is 2.23. The van der Waals surface area contributed by atoms with Crippen LogP contribution < -0.4 is 5.73 Å². The lowest BCUT2D eigenvalue weighted by Crippen LogP contribution is -2.04. The Balaban J connectivity index is 3.50. The molecule has 0 spiro atoms. The van der Waals surface area contributed by atoms with Gasteiger partial charge in [-0.2, -0.15) is 0 Å². The van der Waals surface area contributed by atoms with Crippen molar-refractivity contribution >= 4 is 27.4 Å². The zero-order valence-electron chi connectivity index (χ0n) is 6.70. The number of hydrogen-bond donors (Lipinski definition) is 1. The number of nitrogen functional groups attached to an aromatic ring is 1. The SMILES string of the molecule is CC(=O)c1cc(Br)c(N)c(F)c1F. The number of ketones is 1. The van der Waals surface area contributed by atoms with Crippen LogP contribution in [0.3, 0.4) is 0 Å². The van der Waals surface area contributed by atoms with Gasteiger partial charge < -0.3 is 5.73 Å². The highest BCUT2D eigenvalue weighted by atomic mass is 79.9. The molecule has 0 bridgehead atoms. The topological polar surface area (TPSA) is 43.1 Å². The number of Topliss-reactive ketones (excluding diaryl/α,β-unsaturated/α-hetero) is 1. The zero-order valence-corrected chi connectivity index (χ0v) is 8.28. The molecular weight excluding hydrogens is 244 g/mol. The van der Waals surface area contributed by atoms with Crippen molar-refractivity contribution in [2.45, 2.75) is 6.92 Å². The van der Waals surface area contributed by atoms with Gasteiger partial charge >= 0.3 is 0 Å². The number of rotatable bonds is 1. The molecular formula is C8H6BrF2NO. The Labute approximate surface area is 81.9 Å². The fourth-order valence-corrected chi connectivity index (χ4v) is 1.27. The second kappa shape index (κ2) is 3.41. The number of carbonyl (C=O) groups excluding carboxylic acids is 1. The van der Waals surface area contributed by atoms with Gasteiger partial charge in [-0.1, -0.05) is 0 Å². The molecule has 1 aromatic rings. The van der Waals surface area contributed by atoms with Crippen LogP contribution in [0.5, 0.6) is 0 Å². The van der Waals surface area contributed by atoms with Gasteiger partial charge in [0.2, 0.25) is 0 Å². The molecule has 2 nitrogen and oxygen atoms in total. The monoisotopic (exact) mass is 249 g/mol. The average molecular weight is 250 g/mol. The minimum absolute atomic E-state index is 0.177. The lowest BCUT2D eigenvalue weighted by atomic mass is 10.1. The molecule has 0 unspecified atom stereocenters. The van der Waals surface area contributed by atoms with Gasteiger partial charge in [0, 0.05) is 4.47 Å². The van der Waals surface area contributed by atoms with Crippen molar-refractivity contribution in [3.8, 4) is 0 Å². The number of benzene rings is 1. The molecule has 13 heavy (non-hydrogen) atoms. The molecule has 0 fully saturated rings. The summed E-state index contributed by atoms with van der Waals surface area (Å²) in [5, 5.41) is 0. The van der Waals surface area contributed by atoms with Crippen LogP contribution >= 0.6 is 15.9 Å².